The van der Waals surface area contributed by atoms with Crippen LogP contribution in [0.15, 0.2) is 60.7 Å². The molecule has 2 fully saturated rings. The summed E-state index contributed by atoms with van der Waals surface area (Å²) in [6.07, 6.45) is 0.978. The number of Topliss-reactive ketones (excluding diaryl/α,β-unsaturated/α-hetero) is 2. The van der Waals surface area contributed by atoms with E-state index in [0.29, 0.717) is 24.0 Å². The molecule has 0 aromatic heterocycles. The molecule has 2 aliphatic carbocycles. The van der Waals surface area contributed by atoms with Gasteiger partial charge in [-0.15, -0.1) is 0 Å². The second-order valence-electron chi connectivity index (χ2n) is 7.03. The standard InChI is InChI=1S/2C11H10O3/c2*12-10(7-4-2-1-3-5-7)8-6-9(8)11(13)14/h2*1-5,8-9H,6H2,(H,13,14)/t2*8-,9-/m10/s1. The monoisotopic (exact) mass is 380 g/mol. The van der Waals surface area contributed by atoms with Gasteiger partial charge in [0.05, 0.1) is 11.8 Å². The molecule has 0 unspecified atom stereocenters. The Hall–Kier alpha value is -3.28. The second kappa shape index (κ2) is 8.17. The Morgan fingerprint density at radius 1 is 0.571 bits per heavy atom. The van der Waals surface area contributed by atoms with E-state index < -0.39 is 23.8 Å². The van der Waals surface area contributed by atoms with Crippen LogP contribution in [0, 0.1) is 23.7 Å². The lowest BCUT2D eigenvalue weighted by Crippen LogP contribution is -2.07. The smallest absolute Gasteiger partial charge is 0.307 e. The number of carbonyl (C=O) groups excluding carboxylic acids is 2. The van der Waals surface area contributed by atoms with Crippen LogP contribution < -0.4 is 0 Å². The third-order valence-electron chi connectivity index (χ3n) is 5.01. The third kappa shape index (κ3) is 4.52. The van der Waals surface area contributed by atoms with Crippen LogP contribution in [0.5, 0.6) is 0 Å². The quantitative estimate of drug-likeness (QED) is 0.745. The van der Waals surface area contributed by atoms with Gasteiger partial charge in [0.25, 0.3) is 0 Å². The molecule has 4 atom stereocenters. The number of hydrogen-bond acceptors (Lipinski definition) is 4. The van der Waals surface area contributed by atoms with Gasteiger partial charge in [0.1, 0.15) is 0 Å². The molecule has 0 amide bonds. The van der Waals surface area contributed by atoms with Crippen LogP contribution in [0.4, 0.5) is 0 Å². The van der Waals surface area contributed by atoms with Gasteiger partial charge in [-0.1, -0.05) is 60.7 Å². The van der Waals surface area contributed by atoms with E-state index in [9.17, 15) is 19.2 Å². The van der Waals surface area contributed by atoms with E-state index in [1.54, 1.807) is 48.5 Å². The summed E-state index contributed by atoms with van der Waals surface area (Å²) in [5.74, 6) is -3.32. The van der Waals surface area contributed by atoms with Crippen LogP contribution in [0.25, 0.3) is 0 Å². The largest absolute Gasteiger partial charge is 0.481 e. The van der Waals surface area contributed by atoms with E-state index in [4.69, 9.17) is 10.2 Å². The van der Waals surface area contributed by atoms with E-state index in [2.05, 4.69) is 0 Å². The van der Waals surface area contributed by atoms with Crippen LogP contribution >= 0.6 is 0 Å². The highest BCUT2D eigenvalue weighted by molar-refractivity contribution is 6.03. The van der Waals surface area contributed by atoms with Crippen LogP contribution in [0.1, 0.15) is 33.6 Å². The summed E-state index contributed by atoms with van der Waals surface area (Å²) >= 11 is 0. The Labute approximate surface area is 161 Å². The third-order valence-corrected chi connectivity index (χ3v) is 5.01. The predicted molar refractivity (Wildman–Crippen MR) is 100 cm³/mol. The van der Waals surface area contributed by atoms with Crippen molar-refractivity contribution in [1.29, 1.82) is 0 Å². The highest BCUT2D eigenvalue weighted by Gasteiger charge is 2.48. The first kappa shape index (κ1) is 19.5. The average molecular weight is 380 g/mol. The van der Waals surface area contributed by atoms with Crippen molar-refractivity contribution in [3.8, 4) is 0 Å². The molecular weight excluding hydrogens is 360 g/mol. The number of benzene rings is 2. The van der Waals surface area contributed by atoms with Crippen molar-refractivity contribution in [3.63, 3.8) is 0 Å². The number of aliphatic carboxylic acids is 2. The number of rotatable bonds is 6. The van der Waals surface area contributed by atoms with Crippen LogP contribution in [0.3, 0.4) is 0 Å². The molecule has 144 valence electrons. The number of carboxylic acid groups (broad SMARTS) is 2. The minimum atomic E-state index is -0.862. The first-order chi connectivity index (χ1) is 13.4. The zero-order valence-electron chi connectivity index (χ0n) is 15.0. The molecule has 0 saturated heterocycles. The molecule has 2 aromatic carbocycles. The highest BCUT2D eigenvalue weighted by atomic mass is 16.4. The molecule has 0 spiro atoms. The Morgan fingerprint density at radius 3 is 1.14 bits per heavy atom. The molecule has 2 N–H and O–H groups in total. The number of carbonyl (C=O) groups is 4. The topological polar surface area (TPSA) is 109 Å². The molecule has 6 heteroatoms. The zero-order valence-corrected chi connectivity index (χ0v) is 15.0. The molecule has 4 rings (SSSR count). The van der Waals surface area contributed by atoms with Crippen molar-refractivity contribution >= 4 is 23.5 Å². The lowest BCUT2D eigenvalue weighted by molar-refractivity contribution is -0.139. The van der Waals surface area contributed by atoms with Gasteiger partial charge >= 0.3 is 11.9 Å². The average Bonchev–Trinajstić information content (AvgIpc) is 3.61. The van der Waals surface area contributed by atoms with Crippen LogP contribution in [-0.4, -0.2) is 33.7 Å². The maximum Gasteiger partial charge on any atom is 0.307 e. The summed E-state index contributed by atoms with van der Waals surface area (Å²) in [6.45, 7) is 0. The van der Waals surface area contributed by atoms with E-state index in [1.807, 2.05) is 12.1 Å². The van der Waals surface area contributed by atoms with Crippen LogP contribution in [0.2, 0.25) is 0 Å². The molecular formula is C22H20O6. The summed E-state index contributed by atoms with van der Waals surface area (Å²) in [6, 6.07) is 17.7. The first-order valence-electron chi connectivity index (χ1n) is 9.04. The summed E-state index contributed by atoms with van der Waals surface area (Å²) < 4.78 is 0. The lowest BCUT2D eigenvalue weighted by Gasteiger charge is -1.97. The Balaban J connectivity index is 0.000000161. The fourth-order valence-corrected chi connectivity index (χ4v) is 3.15. The number of carboxylic acids is 2. The minimum Gasteiger partial charge on any atom is -0.481 e. The summed E-state index contributed by atoms with van der Waals surface area (Å²) in [7, 11) is 0. The molecule has 6 nitrogen and oxygen atoms in total. The zero-order chi connectivity index (χ0) is 20.3. The minimum absolute atomic E-state index is 0.0435. The van der Waals surface area contributed by atoms with Crippen LogP contribution in [-0.2, 0) is 9.59 Å². The Kier molecular flexibility index (Phi) is 5.68. The van der Waals surface area contributed by atoms with Crippen molar-refractivity contribution in [1.82, 2.24) is 0 Å². The molecule has 28 heavy (non-hydrogen) atoms. The predicted octanol–water partition coefficient (Wildman–Crippen LogP) is 3.18. The fourth-order valence-electron chi connectivity index (χ4n) is 3.15. The normalized spacial score (nSPS) is 24.3. The van der Waals surface area contributed by atoms with Gasteiger partial charge in [0.15, 0.2) is 11.6 Å². The SMILES string of the molecule is O=C(O)[C@@H]1C[C@H]1C(=O)c1ccccc1.O=C(O)[C@H]1C[C@@H]1C(=O)c1ccccc1. The van der Waals surface area contributed by atoms with E-state index in [1.165, 1.54) is 0 Å². The van der Waals surface area contributed by atoms with Gasteiger partial charge in [0, 0.05) is 23.0 Å². The molecule has 0 aliphatic heterocycles. The molecule has 2 aromatic rings. The molecule has 2 aliphatic rings. The van der Waals surface area contributed by atoms with Crippen molar-refractivity contribution in [2.24, 2.45) is 23.7 Å². The van der Waals surface area contributed by atoms with Gasteiger partial charge in [-0.05, 0) is 12.8 Å². The molecule has 0 heterocycles. The van der Waals surface area contributed by atoms with Gasteiger partial charge in [-0.25, -0.2) is 0 Å². The maximum atomic E-state index is 11.7. The summed E-state index contributed by atoms with van der Waals surface area (Å²) in [5.41, 5.74) is 1.22. The molecule has 0 radical (unpaired) electrons. The Morgan fingerprint density at radius 2 is 0.893 bits per heavy atom. The van der Waals surface area contributed by atoms with E-state index in [0.717, 1.165) is 0 Å². The van der Waals surface area contributed by atoms with Gasteiger partial charge in [-0.2, -0.15) is 0 Å². The van der Waals surface area contributed by atoms with Crippen molar-refractivity contribution < 1.29 is 29.4 Å². The fraction of sp³-hybridized carbons (Fsp3) is 0.273. The first-order valence-corrected chi connectivity index (χ1v) is 9.04. The van der Waals surface area contributed by atoms with Crippen molar-refractivity contribution in [2.45, 2.75) is 12.8 Å². The van der Waals surface area contributed by atoms with Gasteiger partial charge < -0.3 is 10.2 Å². The van der Waals surface area contributed by atoms with Gasteiger partial charge in [0.2, 0.25) is 0 Å². The number of hydrogen-bond donors (Lipinski definition) is 2. The van der Waals surface area contributed by atoms with E-state index >= 15 is 0 Å². The second-order valence-corrected chi connectivity index (χ2v) is 7.03. The molecule has 0 bridgehead atoms. The summed E-state index contributed by atoms with van der Waals surface area (Å²) in [4.78, 5) is 44.4. The molecule has 2 saturated carbocycles. The lowest BCUT2D eigenvalue weighted by atomic mass is 10.1. The van der Waals surface area contributed by atoms with E-state index in [-0.39, 0.29) is 23.4 Å². The van der Waals surface area contributed by atoms with Gasteiger partial charge in [-0.3, -0.25) is 19.2 Å². The maximum absolute atomic E-state index is 11.7. The summed E-state index contributed by atoms with van der Waals surface area (Å²) in [5, 5.41) is 17.3. The number of ketones is 2. The van der Waals surface area contributed by atoms with Crippen molar-refractivity contribution in [3.05, 3.63) is 71.8 Å². The highest BCUT2D eigenvalue weighted by Crippen LogP contribution is 2.41. The van der Waals surface area contributed by atoms with Crippen molar-refractivity contribution in [2.75, 3.05) is 0 Å². The Bertz CT molecular complexity index is 814.